The number of anilines is 1. The number of hydrogen-bond acceptors (Lipinski definition) is 6. The van der Waals surface area contributed by atoms with Gasteiger partial charge < -0.3 is 19.5 Å². The van der Waals surface area contributed by atoms with Gasteiger partial charge in [-0.25, -0.2) is 14.8 Å². The van der Waals surface area contributed by atoms with E-state index in [4.69, 9.17) is 4.74 Å². The number of carbonyl (C=O) groups is 3. The Bertz CT molecular complexity index is 1700. The van der Waals surface area contributed by atoms with Crippen molar-refractivity contribution in [3.63, 3.8) is 0 Å². The second-order valence-corrected chi connectivity index (χ2v) is 11.8. The molecule has 234 valence electrons. The molecule has 10 heteroatoms. The van der Waals surface area contributed by atoms with Crippen molar-refractivity contribution >= 4 is 23.8 Å². The molecule has 0 aliphatic rings. The maximum Gasteiger partial charge on any atom is 0.413 e. The van der Waals surface area contributed by atoms with Crippen LogP contribution < -0.4 is 5.32 Å². The van der Waals surface area contributed by atoms with Gasteiger partial charge in [0.25, 0.3) is 0 Å². The first kappa shape index (κ1) is 31.6. The van der Waals surface area contributed by atoms with E-state index >= 15 is 0 Å². The van der Waals surface area contributed by atoms with Gasteiger partial charge >= 0.3 is 18.0 Å². The lowest BCUT2D eigenvalue weighted by atomic mass is 9.76. The molecular weight excluding hydrogens is 584 g/mol. The average molecular weight is 619 g/mol. The maximum absolute atomic E-state index is 13.0. The third-order valence-corrected chi connectivity index (χ3v) is 7.64. The Kier molecular flexibility index (Phi) is 8.73. The number of rotatable bonds is 10. The first-order chi connectivity index (χ1) is 22.0. The molecule has 0 fully saturated rings. The highest BCUT2D eigenvalue weighted by Crippen LogP contribution is 2.42. The molecule has 0 radical (unpaired) electrons. The van der Waals surface area contributed by atoms with Crippen molar-refractivity contribution in [1.82, 2.24) is 14.5 Å². The number of aliphatic carboxylic acids is 2. The number of nitrogens with zero attached hydrogens (tertiary/aromatic N) is 3. The fourth-order valence-electron chi connectivity index (χ4n) is 5.58. The molecular formula is C36H34N4O6. The Morgan fingerprint density at radius 3 is 1.65 bits per heavy atom. The van der Waals surface area contributed by atoms with E-state index in [9.17, 15) is 24.6 Å². The predicted molar refractivity (Wildman–Crippen MR) is 172 cm³/mol. The quantitative estimate of drug-likeness (QED) is 0.126. The Morgan fingerprint density at radius 1 is 0.739 bits per heavy atom. The van der Waals surface area contributed by atoms with Gasteiger partial charge in [-0.05, 0) is 49.1 Å². The first-order valence-corrected chi connectivity index (χ1v) is 14.6. The SMILES string of the molecule is CC(C)(C)OC(=O)Nc1ccc(CC(C(=O)O)(C(=O)O)c2cn(C(c3ccccc3)(c3ccccc3)c3ccccc3)cn2)cn1. The Balaban J connectivity index is 1.61. The van der Waals surface area contributed by atoms with E-state index in [1.165, 1.54) is 30.9 Å². The number of ether oxygens (including phenoxy) is 1. The van der Waals surface area contributed by atoms with Crippen LogP contribution in [0.25, 0.3) is 0 Å². The number of carbonyl (C=O) groups excluding carboxylic acids is 1. The van der Waals surface area contributed by atoms with Gasteiger partial charge in [-0.15, -0.1) is 0 Å². The Hall–Kier alpha value is -5.77. The van der Waals surface area contributed by atoms with Gasteiger partial charge in [0.1, 0.15) is 17.0 Å². The van der Waals surface area contributed by atoms with E-state index in [1.54, 1.807) is 25.3 Å². The molecule has 0 unspecified atom stereocenters. The van der Waals surface area contributed by atoms with Gasteiger partial charge in [0.2, 0.25) is 5.41 Å². The highest BCUT2D eigenvalue weighted by molar-refractivity contribution is 6.04. The third kappa shape index (κ3) is 6.10. The van der Waals surface area contributed by atoms with Crippen molar-refractivity contribution in [3.8, 4) is 0 Å². The van der Waals surface area contributed by atoms with Gasteiger partial charge in [0.05, 0.1) is 12.0 Å². The van der Waals surface area contributed by atoms with Gasteiger partial charge in [-0.3, -0.25) is 14.9 Å². The molecule has 0 spiro atoms. The van der Waals surface area contributed by atoms with Gasteiger partial charge in [-0.2, -0.15) is 0 Å². The van der Waals surface area contributed by atoms with E-state index in [0.717, 1.165) is 16.7 Å². The minimum absolute atomic E-state index is 0.157. The van der Waals surface area contributed by atoms with E-state index in [1.807, 2.05) is 91.0 Å². The minimum Gasteiger partial charge on any atom is -0.480 e. The fraction of sp³-hybridized carbons (Fsp3) is 0.194. The first-order valence-electron chi connectivity index (χ1n) is 14.6. The number of benzene rings is 3. The van der Waals surface area contributed by atoms with Crippen LogP contribution in [0.15, 0.2) is 122 Å². The lowest BCUT2D eigenvalue weighted by molar-refractivity contribution is -0.157. The van der Waals surface area contributed by atoms with E-state index < -0.39 is 41.0 Å². The zero-order valence-electron chi connectivity index (χ0n) is 25.6. The second kappa shape index (κ2) is 12.7. The number of imidazole rings is 1. The molecule has 0 saturated heterocycles. The van der Waals surface area contributed by atoms with Crippen LogP contribution in [0.5, 0.6) is 0 Å². The summed E-state index contributed by atoms with van der Waals surface area (Å²) in [4.78, 5) is 46.7. The molecule has 10 nitrogen and oxygen atoms in total. The number of hydrogen-bond donors (Lipinski definition) is 3. The molecule has 5 aromatic rings. The highest BCUT2D eigenvalue weighted by Gasteiger charge is 2.51. The molecule has 1 amide bonds. The molecule has 2 heterocycles. The predicted octanol–water partition coefficient (Wildman–Crippen LogP) is 6.12. The van der Waals surface area contributed by atoms with E-state index in [-0.39, 0.29) is 11.5 Å². The zero-order valence-corrected chi connectivity index (χ0v) is 25.6. The van der Waals surface area contributed by atoms with Gasteiger partial charge in [-0.1, -0.05) is 97.1 Å². The molecule has 0 aliphatic heterocycles. The normalized spacial score (nSPS) is 11.9. The molecule has 3 N–H and O–H groups in total. The fourth-order valence-corrected chi connectivity index (χ4v) is 5.58. The molecule has 2 aromatic heterocycles. The van der Waals surface area contributed by atoms with Crippen LogP contribution in [0.1, 0.15) is 48.7 Å². The van der Waals surface area contributed by atoms with Crippen molar-refractivity contribution in [3.05, 3.63) is 150 Å². The lowest BCUT2D eigenvalue weighted by Gasteiger charge is -2.37. The number of nitrogens with one attached hydrogen (secondary N) is 1. The zero-order chi connectivity index (χ0) is 33.0. The molecule has 0 aliphatic carbocycles. The monoisotopic (exact) mass is 618 g/mol. The number of carboxylic acids is 2. The molecule has 46 heavy (non-hydrogen) atoms. The Morgan fingerprint density at radius 2 is 1.24 bits per heavy atom. The summed E-state index contributed by atoms with van der Waals surface area (Å²) in [6.07, 6.45) is 3.15. The smallest absolute Gasteiger partial charge is 0.413 e. The number of pyridine rings is 1. The van der Waals surface area contributed by atoms with Gasteiger partial charge in [0, 0.05) is 18.8 Å². The molecule has 3 aromatic carbocycles. The van der Waals surface area contributed by atoms with Crippen LogP contribution in [0, 0.1) is 0 Å². The summed E-state index contributed by atoms with van der Waals surface area (Å²) in [7, 11) is 0. The molecule has 5 rings (SSSR count). The second-order valence-electron chi connectivity index (χ2n) is 11.8. The topological polar surface area (TPSA) is 144 Å². The summed E-state index contributed by atoms with van der Waals surface area (Å²) in [5, 5.41) is 23.6. The summed E-state index contributed by atoms with van der Waals surface area (Å²) in [6, 6.07) is 32.0. The summed E-state index contributed by atoms with van der Waals surface area (Å²) < 4.78 is 7.02. The van der Waals surface area contributed by atoms with Crippen LogP contribution in [0.2, 0.25) is 0 Å². The average Bonchev–Trinajstić information content (AvgIpc) is 3.52. The Labute approximate surface area is 266 Å². The standard InChI is InChI=1S/C36H34N4O6/c1-34(2,3)46-33(45)39-30-20-19-25(22-37-30)21-35(31(41)42,32(43)44)29-23-40(24-38-29)36(26-13-7-4-8-14-26,27-15-9-5-10-16-27)28-17-11-6-12-18-28/h4-20,22-24H,21H2,1-3H3,(H,41,42)(H,43,44)(H,37,39,45). The summed E-state index contributed by atoms with van der Waals surface area (Å²) >= 11 is 0. The van der Waals surface area contributed by atoms with Crippen LogP contribution in [-0.2, 0) is 31.7 Å². The van der Waals surface area contributed by atoms with E-state index in [0.29, 0.717) is 5.56 Å². The van der Waals surface area contributed by atoms with Crippen molar-refractivity contribution in [2.24, 2.45) is 0 Å². The van der Waals surface area contributed by atoms with Gasteiger partial charge in [0.15, 0.2) is 0 Å². The van der Waals surface area contributed by atoms with Crippen LogP contribution in [0.3, 0.4) is 0 Å². The molecule has 0 saturated carbocycles. The summed E-state index contributed by atoms with van der Waals surface area (Å²) in [5.74, 6) is -2.99. The van der Waals surface area contributed by atoms with Crippen molar-refractivity contribution < 1.29 is 29.3 Å². The highest BCUT2D eigenvalue weighted by atomic mass is 16.6. The number of aromatic nitrogens is 3. The number of amides is 1. The largest absolute Gasteiger partial charge is 0.480 e. The van der Waals surface area contributed by atoms with E-state index in [2.05, 4.69) is 15.3 Å². The van der Waals surface area contributed by atoms with Crippen LogP contribution >= 0.6 is 0 Å². The summed E-state index contributed by atoms with van der Waals surface area (Å²) in [6.45, 7) is 5.18. The van der Waals surface area contributed by atoms with Crippen molar-refractivity contribution in [2.45, 2.75) is 43.7 Å². The van der Waals surface area contributed by atoms with Crippen LogP contribution in [0.4, 0.5) is 10.6 Å². The minimum atomic E-state index is -2.46. The summed E-state index contributed by atoms with van der Waals surface area (Å²) in [5.41, 5.74) is -1.43. The van der Waals surface area contributed by atoms with Crippen molar-refractivity contribution in [2.75, 3.05) is 5.32 Å². The third-order valence-electron chi connectivity index (χ3n) is 7.64. The lowest BCUT2D eigenvalue weighted by Crippen LogP contribution is -2.46. The maximum atomic E-state index is 13.0. The van der Waals surface area contributed by atoms with Crippen LogP contribution in [-0.4, -0.2) is 48.4 Å². The molecule has 0 bridgehead atoms. The number of carboxylic acid groups (broad SMARTS) is 2. The van der Waals surface area contributed by atoms with Crippen molar-refractivity contribution in [1.29, 1.82) is 0 Å². The molecule has 0 atom stereocenters.